The molecule has 0 aromatic rings. The van der Waals surface area contributed by atoms with E-state index in [1.807, 2.05) is 0 Å². The maximum Gasteiger partial charge on any atom is 0.131 e. The van der Waals surface area contributed by atoms with E-state index in [1.165, 1.54) is 5.04 Å². The number of hydrogen-bond donors (Lipinski definition) is 0. The van der Waals surface area contributed by atoms with E-state index in [1.54, 1.807) is 11.8 Å². The molecule has 1 saturated heterocycles. The van der Waals surface area contributed by atoms with E-state index in [4.69, 9.17) is 4.74 Å². The summed E-state index contributed by atoms with van der Waals surface area (Å²) in [6.45, 7) is 8.91. The maximum atomic E-state index is 6.06. The molecule has 3 heteroatoms. The molecule has 2 nitrogen and oxygen atoms in total. The van der Waals surface area contributed by atoms with Gasteiger partial charge in [-0.05, 0) is 25.2 Å². The lowest BCUT2D eigenvalue weighted by atomic mass is 9.82. The van der Waals surface area contributed by atoms with Gasteiger partial charge >= 0.3 is 0 Å². The zero-order valence-corrected chi connectivity index (χ0v) is 10.2. The van der Waals surface area contributed by atoms with Crippen molar-refractivity contribution in [3.05, 3.63) is 0 Å². The van der Waals surface area contributed by atoms with Crippen molar-refractivity contribution in [2.24, 2.45) is 16.8 Å². The number of thioether (sulfide) groups is 1. The minimum absolute atomic E-state index is 0.297. The molecule has 2 unspecified atom stereocenters. The Balaban J connectivity index is 2.14. The van der Waals surface area contributed by atoms with Gasteiger partial charge in [-0.2, -0.15) is 0 Å². The Morgan fingerprint density at radius 3 is 2.71 bits per heavy atom. The average Bonchev–Trinajstić information content (AvgIpc) is 2.52. The van der Waals surface area contributed by atoms with Gasteiger partial charge < -0.3 is 4.74 Å². The monoisotopic (exact) mass is 213 g/mol. The number of fused-ring (bicyclic) bond motifs is 1. The normalized spacial score (nSPS) is 47.4. The van der Waals surface area contributed by atoms with Gasteiger partial charge in [0.05, 0.1) is 17.2 Å². The molecule has 2 heterocycles. The van der Waals surface area contributed by atoms with Crippen molar-refractivity contribution in [2.75, 3.05) is 0 Å². The molecule has 1 fully saturated rings. The highest BCUT2D eigenvalue weighted by Gasteiger charge is 2.43. The van der Waals surface area contributed by atoms with Crippen LogP contribution in [0.25, 0.3) is 0 Å². The Labute approximate surface area is 90.5 Å². The Hall–Kier alpha value is -0.0200. The van der Waals surface area contributed by atoms with Crippen molar-refractivity contribution in [3.63, 3.8) is 0 Å². The van der Waals surface area contributed by atoms with Crippen LogP contribution in [0.5, 0.6) is 0 Å². The third-order valence-corrected chi connectivity index (χ3v) is 4.63. The van der Waals surface area contributed by atoms with Gasteiger partial charge in [0.2, 0.25) is 0 Å². The number of hydrogen-bond acceptors (Lipinski definition) is 3. The minimum atomic E-state index is 0.297. The summed E-state index contributed by atoms with van der Waals surface area (Å²) in [6.07, 6.45) is 1.55. The quantitative estimate of drug-likeness (QED) is 0.668. The minimum Gasteiger partial charge on any atom is -0.361 e. The maximum absolute atomic E-state index is 6.06. The molecule has 0 amide bonds. The fraction of sp³-hybridized carbons (Fsp3) is 0.909. The van der Waals surface area contributed by atoms with Gasteiger partial charge in [0.1, 0.15) is 5.44 Å². The third kappa shape index (κ3) is 1.61. The summed E-state index contributed by atoms with van der Waals surface area (Å²) in [7, 11) is 0. The molecule has 0 aromatic carbocycles. The van der Waals surface area contributed by atoms with Crippen LogP contribution >= 0.6 is 11.8 Å². The van der Waals surface area contributed by atoms with Crippen molar-refractivity contribution in [3.8, 4) is 0 Å². The Morgan fingerprint density at radius 1 is 1.36 bits per heavy atom. The third-order valence-electron chi connectivity index (χ3n) is 3.56. The summed E-state index contributed by atoms with van der Waals surface area (Å²) >= 11 is 1.80. The molecular weight excluding hydrogens is 194 g/mol. The zero-order valence-electron chi connectivity index (χ0n) is 9.36. The first-order valence-electron chi connectivity index (χ1n) is 5.50. The molecule has 0 saturated carbocycles. The lowest BCUT2D eigenvalue weighted by Gasteiger charge is -2.40. The van der Waals surface area contributed by atoms with Gasteiger partial charge in [0, 0.05) is 0 Å². The van der Waals surface area contributed by atoms with Gasteiger partial charge in [-0.1, -0.05) is 32.5 Å². The van der Waals surface area contributed by atoms with Gasteiger partial charge in [-0.3, -0.25) is 4.99 Å². The summed E-state index contributed by atoms with van der Waals surface area (Å²) in [5.41, 5.74) is 0.297. The second-order valence-corrected chi connectivity index (χ2v) is 5.72. The van der Waals surface area contributed by atoms with Crippen molar-refractivity contribution in [2.45, 2.75) is 51.7 Å². The lowest BCUT2D eigenvalue weighted by molar-refractivity contribution is -0.0730. The smallest absolute Gasteiger partial charge is 0.131 e. The summed E-state index contributed by atoms with van der Waals surface area (Å²) in [5.74, 6) is 1.29. The molecule has 14 heavy (non-hydrogen) atoms. The van der Waals surface area contributed by atoms with Crippen LogP contribution in [0.4, 0.5) is 0 Å². The SMILES string of the molecule is CCC1O[C@H]2SC(C)=NC2[C@@H](C)[C@@H]1C. The second-order valence-electron chi connectivity index (χ2n) is 4.43. The molecule has 0 spiro atoms. The molecule has 0 radical (unpaired) electrons. The molecule has 5 atom stereocenters. The van der Waals surface area contributed by atoms with Crippen molar-refractivity contribution >= 4 is 16.8 Å². The van der Waals surface area contributed by atoms with E-state index < -0.39 is 0 Å². The highest BCUT2D eigenvalue weighted by molar-refractivity contribution is 8.14. The Bertz CT molecular complexity index is 254. The number of ether oxygens (including phenoxy) is 1. The van der Waals surface area contributed by atoms with Gasteiger partial charge in [-0.15, -0.1) is 0 Å². The molecule has 2 aliphatic heterocycles. The Morgan fingerprint density at radius 2 is 2.07 bits per heavy atom. The summed E-state index contributed by atoms with van der Waals surface area (Å²) in [6, 6.07) is 0.401. The zero-order chi connectivity index (χ0) is 10.3. The van der Waals surface area contributed by atoms with Crippen LogP contribution in [-0.4, -0.2) is 22.6 Å². The van der Waals surface area contributed by atoms with Crippen LogP contribution in [0.3, 0.4) is 0 Å². The number of nitrogens with zero attached hydrogens (tertiary/aromatic N) is 1. The van der Waals surface area contributed by atoms with Crippen LogP contribution in [-0.2, 0) is 4.74 Å². The van der Waals surface area contributed by atoms with Crippen molar-refractivity contribution < 1.29 is 4.74 Å². The van der Waals surface area contributed by atoms with Crippen LogP contribution in [0.1, 0.15) is 34.1 Å². The van der Waals surface area contributed by atoms with Crippen LogP contribution in [0.15, 0.2) is 4.99 Å². The van der Waals surface area contributed by atoms with Crippen molar-refractivity contribution in [1.29, 1.82) is 0 Å². The predicted molar refractivity (Wildman–Crippen MR) is 61.8 cm³/mol. The van der Waals surface area contributed by atoms with E-state index in [2.05, 4.69) is 32.7 Å². The van der Waals surface area contributed by atoms with E-state index >= 15 is 0 Å². The average molecular weight is 213 g/mol. The molecule has 2 rings (SSSR count). The summed E-state index contributed by atoms with van der Waals surface area (Å²) < 4.78 is 6.06. The number of rotatable bonds is 1. The summed E-state index contributed by atoms with van der Waals surface area (Å²) in [4.78, 5) is 4.67. The van der Waals surface area contributed by atoms with Crippen LogP contribution in [0.2, 0.25) is 0 Å². The first-order valence-corrected chi connectivity index (χ1v) is 6.38. The van der Waals surface area contributed by atoms with Gasteiger partial charge in [-0.25, -0.2) is 0 Å². The Kier molecular flexibility index (Phi) is 2.89. The van der Waals surface area contributed by atoms with E-state index in [-0.39, 0.29) is 0 Å². The molecule has 80 valence electrons. The van der Waals surface area contributed by atoms with E-state index in [9.17, 15) is 0 Å². The first kappa shape index (κ1) is 10.5. The van der Waals surface area contributed by atoms with Crippen LogP contribution in [0, 0.1) is 11.8 Å². The lowest BCUT2D eigenvalue weighted by Crippen LogP contribution is -2.45. The van der Waals surface area contributed by atoms with Gasteiger partial charge in [0.15, 0.2) is 0 Å². The highest BCUT2D eigenvalue weighted by atomic mass is 32.2. The van der Waals surface area contributed by atoms with Crippen molar-refractivity contribution in [1.82, 2.24) is 0 Å². The predicted octanol–water partition coefficient (Wildman–Crippen LogP) is 2.93. The van der Waals surface area contributed by atoms with Crippen LogP contribution < -0.4 is 0 Å². The fourth-order valence-corrected chi connectivity index (χ4v) is 3.59. The molecule has 0 aliphatic carbocycles. The first-order chi connectivity index (χ1) is 6.63. The fourth-order valence-electron chi connectivity index (χ4n) is 2.43. The molecule has 0 bridgehead atoms. The molecule has 0 N–H and O–H groups in total. The molecule has 0 aromatic heterocycles. The largest absolute Gasteiger partial charge is 0.361 e. The molecule has 2 aliphatic rings. The van der Waals surface area contributed by atoms with E-state index in [0.717, 1.165) is 6.42 Å². The highest BCUT2D eigenvalue weighted by Crippen LogP contribution is 2.42. The number of aliphatic imine (C=N–C) groups is 1. The second kappa shape index (κ2) is 3.86. The van der Waals surface area contributed by atoms with E-state index in [0.29, 0.717) is 29.4 Å². The topological polar surface area (TPSA) is 21.6 Å². The standard InChI is InChI=1S/C11H19NOS/c1-5-9-6(2)7(3)10-11(13-9)14-8(4)12-10/h6-7,9-11H,5H2,1-4H3/t6-,7-,9?,10?,11-/m0/s1. The summed E-state index contributed by atoms with van der Waals surface area (Å²) in [5, 5.41) is 1.19. The molecular formula is C11H19NOS. The van der Waals surface area contributed by atoms with Gasteiger partial charge in [0.25, 0.3) is 0 Å².